The lowest BCUT2D eigenvalue weighted by Crippen LogP contribution is -2.32. The number of amides is 1. The highest BCUT2D eigenvalue weighted by molar-refractivity contribution is 9.10. The van der Waals surface area contributed by atoms with Crippen LogP contribution in [0.15, 0.2) is 53.0 Å². The summed E-state index contributed by atoms with van der Waals surface area (Å²) >= 11 is 12.8. The average Bonchev–Trinajstić information content (AvgIpc) is 2.50. The van der Waals surface area contributed by atoms with Gasteiger partial charge in [0.2, 0.25) is 0 Å². The van der Waals surface area contributed by atoms with E-state index in [2.05, 4.69) is 31.9 Å². The molecular weight excluding hydrogens is 417 g/mol. The number of hydrogen-bond acceptors (Lipinski definition) is 1. The molecule has 21 heavy (non-hydrogen) atoms. The molecule has 0 aliphatic carbocycles. The highest BCUT2D eigenvalue weighted by Crippen LogP contribution is 2.24. The first kappa shape index (κ1) is 16.5. The van der Waals surface area contributed by atoms with Gasteiger partial charge in [-0.15, -0.1) is 0 Å². The van der Waals surface area contributed by atoms with E-state index in [9.17, 15) is 4.79 Å². The maximum absolute atomic E-state index is 12.6. The van der Waals surface area contributed by atoms with Gasteiger partial charge in [0.15, 0.2) is 0 Å². The summed E-state index contributed by atoms with van der Waals surface area (Å²) in [6.07, 6.45) is 0. The van der Waals surface area contributed by atoms with Crippen molar-refractivity contribution in [2.24, 2.45) is 0 Å². The van der Waals surface area contributed by atoms with E-state index in [0.717, 1.165) is 15.4 Å². The first-order valence-electron chi connectivity index (χ1n) is 6.46. The number of carbonyl (C=O) groups is 1. The van der Waals surface area contributed by atoms with Gasteiger partial charge in [-0.1, -0.05) is 57.9 Å². The lowest BCUT2D eigenvalue weighted by Gasteiger charge is -2.22. The molecule has 2 aromatic carbocycles. The average molecular weight is 432 g/mol. The molecule has 2 rings (SSSR count). The Morgan fingerprint density at radius 2 is 1.86 bits per heavy atom. The molecule has 2 nitrogen and oxygen atoms in total. The van der Waals surface area contributed by atoms with E-state index in [1.54, 1.807) is 18.2 Å². The maximum Gasteiger partial charge on any atom is 0.254 e. The molecule has 110 valence electrons. The number of halogens is 3. The first-order chi connectivity index (χ1) is 10.1. The molecule has 2 aromatic rings. The Hall–Kier alpha value is -0.840. The summed E-state index contributed by atoms with van der Waals surface area (Å²) < 4.78 is 0.788. The summed E-state index contributed by atoms with van der Waals surface area (Å²) in [6.45, 7) is 1.22. The standard InChI is InChI=1S/C16H14Br2ClNO/c17-8-9-20(11-12-4-2-1-3-5-12)16(21)13-6-7-14(18)15(19)10-13/h1-7,10H,8-9,11H2. The molecule has 0 atom stereocenters. The normalized spacial score (nSPS) is 10.4. The molecule has 0 unspecified atom stereocenters. The van der Waals surface area contributed by atoms with Gasteiger partial charge in [-0.05, 0) is 39.7 Å². The molecule has 0 aliphatic rings. The Bertz CT molecular complexity index is 619. The summed E-state index contributed by atoms with van der Waals surface area (Å²) in [5.74, 6) is -0.0206. The molecule has 0 heterocycles. The smallest absolute Gasteiger partial charge is 0.254 e. The van der Waals surface area contributed by atoms with E-state index in [0.29, 0.717) is 23.7 Å². The van der Waals surface area contributed by atoms with Crippen LogP contribution in [-0.2, 0) is 6.54 Å². The highest BCUT2D eigenvalue weighted by Gasteiger charge is 2.16. The van der Waals surface area contributed by atoms with Crippen molar-refractivity contribution in [3.8, 4) is 0 Å². The highest BCUT2D eigenvalue weighted by atomic mass is 79.9. The van der Waals surface area contributed by atoms with E-state index >= 15 is 0 Å². The predicted molar refractivity (Wildman–Crippen MR) is 94.1 cm³/mol. The van der Waals surface area contributed by atoms with Crippen LogP contribution in [0.4, 0.5) is 0 Å². The van der Waals surface area contributed by atoms with E-state index in [4.69, 9.17) is 11.6 Å². The van der Waals surface area contributed by atoms with Gasteiger partial charge in [0.05, 0.1) is 5.02 Å². The molecule has 0 radical (unpaired) electrons. The van der Waals surface area contributed by atoms with Crippen LogP contribution in [-0.4, -0.2) is 22.7 Å². The van der Waals surface area contributed by atoms with Gasteiger partial charge in [0, 0.05) is 28.5 Å². The number of nitrogens with zero attached hydrogens (tertiary/aromatic N) is 1. The molecule has 0 bridgehead atoms. The van der Waals surface area contributed by atoms with Gasteiger partial charge < -0.3 is 4.90 Å². The Labute approximate surface area is 146 Å². The van der Waals surface area contributed by atoms with Gasteiger partial charge in [0.1, 0.15) is 0 Å². The maximum atomic E-state index is 12.6. The summed E-state index contributed by atoms with van der Waals surface area (Å²) in [5.41, 5.74) is 1.70. The van der Waals surface area contributed by atoms with E-state index in [-0.39, 0.29) is 5.91 Å². The Balaban J connectivity index is 2.20. The SMILES string of the molecule is O=C(c1ccc(Br)c(Cl)c1)N(CCBr)Cc1ccccc1. The first-order valence-corrected chi connectivity index (χ1v) is 8.75. The van der Waals surface area contributed by atoms with Crippen molar-refractivity contribution in [1.29, 1.82) is 0 Å². The van der Waals surface area contributed by atoms with Crippen molar-refractivity contribution in [2.45, 2.75) is 6.54 Å². The lowest BCUT2D eigenvalue weighted by molar-refractivity contribution is 0.0754. The largest absolute Gasteiger partial charge is 0.333 e. The second kappa shape index (κ2) is 7.97. The topological polar surface area (TPSA) is 20.3 Å². The van der Waals surface area contributed by atoms with Gasteiger partial charge >= 0.3 is 0 Å². The fraction of sp³-hybridized carbons (Fsp3) is 0.188. The van der Waals surface area contributed by atoms with Gasteiger partial charge in [-0.3, -0.25) is 4.79 Å². The fourth-order valence-electron chi connectivity index (χ4n) is 1.97. The molecule has 5 heteroatoms. The molecule has 0 fully saturated rings. The van der Waals surface area contributed by atoms with Crippen LogP contribution in [0.1, 0.15) is 15.9 Å². The molecule has 0 saturated carbocycles. The summed E-state index contributed by atoms with van der Waals surface area (Å²) in [5, 5.41) is 1.27. The monoisotopic (exact) mass is 429 g/mol. The molecule has 0 spiro atoms. The van der Waals surface area contributed by atoms with Crippen LogP contribution >= 0.6 is 43.5 Å². The van der Waals surface area contributed by atoms with Crippen LogP contribution in [0.25, 0.3) is 0 Å². The van der Waals surface area contributed by atoms with Crippen LogP contribution in [0.3, 0.4) is 0 Å². The Kier molecular flexibility index (Phi) is 6.27. The fourth-order valence-corrected chi connectivity index (χ4v) is 2.83. The second-order valence-corrected chi connectivity index (χ2v) is 6.58. The van der Waals surface area contributed by atoms with Gasteiger partial charge in [0.25, 0.3) is 5.91 Å². The van der Waals surface area contributed by atoms with Gasteiger partial charge in [-0.25, -0.2) is 0 Å². The number of alkyl halides is 1. The van der Waals surface area contributed by atoms with E-state index < -0.39 is 0 Å². The third kappa shape index (κ3) is 4.56. The third-order valence-electron chi connectivity index (χ3n) is 3.02. The van der Waals surface area contributed by atoms with Crippen molar-refractivity contribution in [3.05, 3.63) is 69.2 Å². The molecule has 0 N–H and O–H groups in total. The van der Waals surface area contributed by atoms with Crippen molar-refractivity contribution in [2.75, 3.05) is 11.9 Å². The lowest BCUT2D eigenvalue weighted by atomic mass is 10.1. The number of benzene rings is 2. The van der Waals surface area contributed by atoms with Crippen molar-refractivity contribution >= 4 is 49.4 Å². The van der Waals surface area contributed by atoms with Crippen LogP contribution in [0.5, 0.6) is 0 Å². The van der Waals surface area contributed by atoms with Crippen molar-refractivity contribution in [3.63, 3.8) is 0 Å². The molecule has 0 aliphatic heterocycles. The number of rotatable bonds is 5. The molecule has 0 saturated heterocycles. The Morgan fingerprint density at radius 1 is 1.14 bits per heavy atom. The third-order valence-corrected chi connectivity index (χ3v) is 4.61. The molecule has 1 amide bonds. The van der Waals surface area contributed by atoms with E-state index in [1.165, 1.54) is 0 Å². The summed E-state index contributed by atoms with van der Waals surface area (Å²) in [4.78, 5) is 14.4. The Morgan fingerprint density at radius 3 is 2.48 bits per heavy atom. The minimum atomic E-state index is -0.0206. The minimum absolute atomic E-state index is 0.0206. The predicted octanol–water partition coefficient (Wildman–Crippen LogP) is 5.14. The van der Waals surface area contributed by atoms with E-state index in [1.807, 2.05) is 35.2 Å². The zero-order valence-corrected chi connectivity index (χ0v) is 15.2. The number of carbonyl (C=O) groups excluding carboxylic acids is 1. The quantitative estimate of drug-likeness (QED) is 0.601. The van der Waals surface area contributed by atoms with Crippen LogP contribution < -0.4 is 0 Å². The molecule has 0 aromatic heterocycles. The summed E-state index contributed by atoms with van der Waals surface area (Å²) in [7, 11) is 0. The summed E-state index contributed by atoms with van der Waals surface area (Å²) in [6, 6.07) is 15.2. The van der Waals surface area contributed by atoms with Crippen LogP contribution in [0.2, 0.25) is 5.02 Å². The van der Waals surface area contributed by atoms with Gasteiger partial charge in [-0.2, -0.15) is 0 Å². The van der Waals surface area contributed by atoms with Crippen molar-refractivity contribution in [1.82, 2.24) is 4.90 Å². The van der Waals surface area contributed by atoms with Crippen molar-refractivity contribution < 1.29 is 4.79 Å². The zero-order chi connectivity index (χ0) is 15.2. The molecular formula is C16H14Br2ClNO. The minimum Gasteiger partial charge on any atom is -0.333 e. The number of hydrogen-bond donors (Lipinski definition) is 0. The van der Waals surface area contributed by atoms with Crippen LogP contribution in [0, 0.1) is 0 Å². The second-order valence-electron chi connectivity index (χ2n) is 4.53. The zero-order valence-electron chi connectivity index (χ0n) is 11.2.